The first-order valence-electron chi connectivity index (χ1n) is 8.46. The van der Waals surface area contributed by atoms with E-state index in [9.17, 15) is 4.79 Å². The predicted molar refractivity (Wildman–Crippen MR) is 88.5 cm³/mol. The number of fused-ring (bicyclic) bond motifs is 1. The number of hydrogen-bond acceptors (Lipinski definition) is 5. The Hall–Kier alpha value is -2.18. The third-order valence-electron chi connectivity index (χ3n) is 4.18. The molecule has 3 heterocycles. The van der Waals surface area contributed by atoms with Gasteiger partial charge in [-0.25, -0.2) is 4.98 Å². The van der Waals surface area contributed by atoms with Crippen molar-refractivity contribution in [3.63, 3.8) is 0 Å². The number of imidazole rings is 1. The average Bonchev–Trinajstić information content (AvgIpc) is 3.09. The van der Waals surface area contributed by atoms with Crippen LogP contribution in [0.3, 0.4) is 0 Å². The Kier molecular flexibility index (Phi) is 4.43. The summed E-state index contributed by atoms with van der Waals surface area (Å²) < 4.78 is 7.36. The standard InChI is InChI=1S/C17H25N5O2/c1-11-9-22-10-12(5-6-13(22)18-11)19-14(23)7-8-15-20-16(21-24-15)17(2,3)4/h9,12H,5-8,10H2,1-4H3,(H,19,23)/t12-/m1/s1. The molecule has 0 radical (unpaired) electrons. The lowest BCUT2D eigenvalue weighted by molar-refractivity contribution is -0.122. The van der Waals surface area contributed by atoms with Crippen LogP contribution in [0.25, 0.3) is 0 Å². The van der Waals surface area contributed by atoms with Gasteiger partial charge in [-0.3, -0.25) is 4.79 Å². The number of aromatic nitrogens is 4. The smallest absolute Gasteiger partial charge is 0.227 e. The first-order valence-corrected chi connectivity index (χ1v) is 8.46. The Balaban J connectivity index is 1.49. The molecule has 24 heavy (non-hydrogen) atoms. The van der Waals surface area contributed by atoms with Crippen LogP contribution in [-0.4, -0.2) is 31.6 Å². The maximum Gasteiger partial charge on any atom is 0.227 e. The zero-order valence-corrected chi connectivity index (χ0v) is 14.8. The first kappa shape index (κ1) is 16.7. The number of hydrogen-bond donors (Lipinski definition) is 1. The van der Waals surface area contributed by atoms with Gasteiger partial charge >= 0.3 is 0 Å². The summed E-state index contributed by atoms with van der Waals surface area (Å²) in [7, 11) is 0. The van der Waals surface area contributed by atoms with Crippen molar-refractivity contribution in [2.24, 2.45) is 0 Å². The molecule has 1 amide bonds. The van der Waals surface area contributed by atoms with Gasteiger partial charge in [-0.05, 0) is 13.3 Å². The fourth-order valence-corrected chi connectivity index (χ4v) is 2.89. The van der Waals surface area contributed by atoms with E-state index in [4.69, 9.17) is 4.52 Å². The highest BCUT2D eigenvalue weighted by molar-refractivity contribution is 5.76. The second-order valence-corrected chi connectivity index (χ2v) is 7.52. The van der Waals surface area contributed by atoms with E-state index < -0.39 is 0 Å². The molecular formula is C17H25N5O2. The summed E-state index contributed by atoms with van der Waals surface area (Å²) in [6.07, 6.45) is 4.70. The maximum absolute atomic E-state index is 12.2. The van der Waals surface area contributed by atoms with Gasteiger partial charge in [0, 0.05) is 43.5 Å². The van der Waals surface area contributed by atoms with Crippen LogP contribution in [0.1, 0.15) is 56.8 Å². The van der Waals surface area contributed by atoms with Crippen molar-refractivity contribution in [3.8, 4) is 0 Å². The van der Waals surface area contributed by atoms with Gasteiger partial charge < -0.3 is 14.4 Å². The summed E-state index contributed by atoms with van der Waals surface area (Å²) in [6.45, 7) is 8.88. The van der Waals surface area contributed by atoms with Gasteiger partial charge in [0.05, 0.1) is 5.69 Å². The van der Waals surface area contributed by atoms with E-state index >= 15 is 0 Å². The second kappa shape index (κ2) is 6.37. The minimum absolute atomic E-state index is 0.0239. The zero-order valence-electron chi connectivity index (χ0n) is 14.8. The SMILES string of the molecule is Cc1cn2c(n1)CC[C@@H](NC(=O)CCc1nc(C(C)(C)C)no1)C2. The normalized spacial score (nSPS) is 17.6. The lowest BCUT2D eigenvalue weighted by Gasteiger charge is -2.24. The molecule has 0 saturated carbocycles. The molecule has 0 spiro atoms. The molecule has 1 N–H and O–H groups in total. The monoisotopic (exact) mass is 331 g/mol. The van der Waals surface area contributed by atoms with E-state index in [0.717, 1.165) is 30.9 Å². The van der Waals surface area contributed by atoms with Crippen molar-refractivity contribution >= 4 is 5.91 Å². The molecule has 0 saturated heterocycles. The van der Waals surface area contributed by atoms with Gasteiger partial charge in [0.1, 0.15) is 5.82 Å². The molecule has 0 unspecified atom stereocenters. The van der Waals surface area contributed by atoms with Gasteiger partial charge in [0.15, 0.2) is 5.82 Å². The fraction of sp³-hybridized carbons (Fsp3) is 0.647. The maximum atomic E-state index is 12.2. The third-order valence-corrected chi connectivity index (χ3v) is 4.18. The quantitative estimate of drug-likeness (QED) is 0.925. The molecule has 1 aliphatic rings. The number of nitrogens with zero attached hydrogens (tertiary/aromatic N) is 4. The summed E-state index contributed by atoms with van der Waals surface area (Å²) >= 11 is 0. The molecule has 2 aromatic heterocycles. The number of amides is 1. The van der Waals surface area contributed by atoms with Gasteiger partial charge in [0.25, 0.3) is 0 Å². The molecule has 3 rings (SSSR count). The lowest BCUT2D eigenvalue weighted by atomic mass is 9.96. The van der Waals surface area contributed by atoms with Crippen molar-refractivity contribution in [1.82, 2.24) is 25.0 Å². The van der Waals surface area contributed by atoms with Gasteiger partial charge in [-0.1, -0.05) is 25.9 Å². The summed E-state index contributed by atoms with van der Waals surface area (Å²) in [5.74, 6) is 2.33. The van der Waals surface area contributed by atoms with Crippen molar-refractivity contribution in [2.75, 3.05) is 0 Å². The Morgan fingerprint density at radius 1 is 1.42 bits per heavy atom. The van der Waals surface area contributed by atoms with Gasteiger partial charge in [-0.2, -0.15) is 4.98 Å². The van der Waals surface area contributed by atoms with Crippen molar-refractivity contribution in [1.29, 1.82) is 0 Å². The zero-order chi connectivity index (χ0) is 17.3. The van der Waals surface area contributed by atoms with Crippen molar-refractivity contribution < 1.29 is 9.32 Å². The Morgan fingerprint density at radius 2 is 2.21 bits per heavy atom. The topological polar surface area (TPSA) is 85.8 Å². The molecule has 1 aliphatic heterocycles. The van der Waals surface area contributed by atoms with Crippen LogP contribution in [-0.2, 0) is 29.6 Å². The minimum Gasteiger partial charge on any atom is -0.352 e. The summed E-state index contributed by atoms with van der Waals surface area (Å²) in [5, 5.41) is 7.08. The Bertz CT molecular complexity index is 726. The number of rotatable bonds is 4. The van der Waals surface area contributed by atoms with Crippen LogP contribution < -0.4 is 5.32 Å². The molecular weight excluding hydrogens is 306 g/mol. The largest absolute Gasteiger partial charge is 0.352 e. The van der Waals surface area contributed by atoms with Gasteiger partial charge in [0.2, 0.25) is 11.8 Å². The van der Waals surface area contributed by atoms with Crippen LogP contribution in [0.5, 0.6) is 0 Å². The van der Waals surface area contributed by atoms with E-state index in [1.165, 1.54) is 0 Å². The van der Waals surface area contributed by atoms with Crippen molar-refractivity contribution in [3.05, 3.63) is 29.4 Å². The molecule has 1 atom stereocenters. The number of carbonyl (C=O) groups is 1. The van der Waals surface area contributed by atoms with E-state index in [0.29, 0.717) is 24.6 Å². The lowest BCUT2D eigenvalue weighted by Crippen LogP contribution is -2.41. The molecule has 7 heteroatoms. The van der Waals surface area contributed by atoms with Crippen LogP contribution in [0.15, 0.2) is 10.7 Å². The van der Waals surface area contributed by atoms with Crippen LogP contribution >= 0.6 is 0 Å². The average molecular weight is 331 g/mol. The minimum atomic E-state index is -0.146. The van der Waals surface area contributed by atoms with E-state index in [1.807, 2.05) is 33.9 Å². The number of nitrogens with one attached hydrogen (secondary N) is 1. The first-order chi connectivity index (χ1) is 11.3. The Morgan fingerprint density at radius 3 is 2.92 bits per heavy atom. The van der Waals surface area contributed by atoms with E-state index in [-0.39, 0.29) is 17.4 Å². The highest BCUT2D eigenvalue weighted by Crippen LogP contribution is 2.19. The molecule has 7 nitrogen and oxygen atoms in total. The summed E-state index contributed by atoms with van der Waals surface area (Å²) in [4.78, 5) is 21.0. The molecule has 0 aromatic carbocycles. The number of carbonyl (C=O) groups excluding carboxylic acids is 1. The molecule has 130 valence electrons. The summed E-state index contributed by atoms with van der Waals surface area (Å²) in [6, 6.07) is 0.159. The van der Waals surface area contributed by atoms with Crippen LogP contribution in [0.4, 0.5) is 0 Å². The summed E-state index contributed by atoms with van der Waals surface area (Å²) in [5.41, 5.74) is 0.884. The van der Waals surface area contributed by atoms with Crippen LogP contribution in [0, 0.1) is 6.92 Å². The molecule has 0 bridgehead atoms. The van der Waals surface area contributed by atoms with E-state index in [1.54, 1.807) is 0 Å². The highest BCUT2D eigenvalue weighted by atomic mass is 16.5. The predicted octanol–water partition coefficient (Wildman–Crippen LogP) is 1.94. The highest BCUT2D eigenvalue weighted by Gasteiger charge is 2.23. The van der Waals surface area contributed by atoms with Crippen LogP contribution in [0.2, 0.25) is 0 Å². The fourth-order valence-electron chi connectivity index (χ4n) is 2.89. The second-order valence-electron chi connectivity index (χ2n) is 7.52. The molecule has 0 aliphatic carbocycles. The third kappa shape index (κ3) is 3.83. The van der Waals surface area contributed by atoms with E-state index in [2.05, 4.69) is 25.0 Å². The molecule has 0 fully saturated rings. The molecule has 2 aromatic rings. The van der Waals surface area contributed by atoms with Crippen molar-refractivity contribution in [2.45, 2.75) is 71.4 Å². The van der Waals surface area contributed by atoms with Gasteiger partial charge in [-0.15, -0.1) is 0 Å². The Labute approximate surface area is 141 Å². The number of aryl methyl sites for hydroxylation is 3.